The highest BCUT2D eigenvalue weighted by atomic mass is 16.6. The molecule has 0 fully saturated rings. The molecule has 0 N–H and O–H groups in total. The molecule has 66 heavy (non-hydrogen) atoms. The summed E-state index contributed by atoms with van der Waals surface area (Å²) < 4.78 is 17.5. The van der Waals surface area contributed by atoms with Gasteiger partial charge in [0, 0.05) is 19.4 Å². The quantitative estimate of drug-likeness (QED) is 0.0345. The van der Waals surface area contributed by atoms with Gasteiger partial charge >= 0.3 is 11.9 Å². The Morgan fingerprint density at radius 2 is 0.591 bits per heavy atom. The van der Waals surface area contributed by atoms with E-state index in [9.17, 15) is 9.59 Å². The van der Waals surface area contributed by atoms with Gasteiger partial charge in [0.05, 0.1) is 6.61 Å². The molecular weight excluding hydrogens is 813 g/mol. The van der Waals surface area contributed by atoms with E-state index in [1.165, 1.54) is 257 Å². The van der Waals surface area contributed by atoms with Gasteiger partial charge in [-0.1, -0.05) is 270 Å². The topological polar surface area (TPSA) is 61.8 Å². The number of rotatable bonds is 56. The van der Waals surface area contributed by atoms with Crippen LogP contribution in [0.2, 0.25) is 0 Å². The summed E-state index contributed by atoms with van der Waals surface area (Å²) in [5.74, 6) is -0.380. The van der Waals surface area contributed by atoms with Crippen molar-refractivity contribution < 1.29 is 23.8 Å². The Bertz CT molecular complexity index is 1010. The van der Waals surface area contributed by atoms with Gasteiger partial charge in [0.2, 0.25) is 0 Å². The second-order valence-corrected chi connectivity index (χ2v) is 20.3. The Hall–Kier alpha value is -1.62. The minimum Gasteiger partial charge on any atom is -0.462 e. The van der Waals surface area contributed by atoms with Crippen LogP contribution in [0.15, 0.2) is 24.3 Å². The zero-order valence-corrected chi connectivity index (χ0v) is 45.0. The summed E-state index contributed by atoms with van der Waals surface area (Å²) in [4.78, 5) is 25.5. The molecule has 5 heteroatoms. The van der Waals surface area contributed by atoms with Crippen LogP contribution in [0, 0.1) is 0 Å². The minimum absolute atomic E-state index is 0.0890. The van der Waals surface area contributed by atoms with Gasteiger partial charge in [-0.3, -0.25) is 9.59 Å². The number of unbranched alkanes of at least 4 members (excludes halogenated alkanes) is 41. The van der Waals surface area contributed by atoms with Crippen LogP contribution in [0.5, 0.6) is 0 Å². The van der Waals surface area contributed by atoms with Crippen molar-refractivity contribution in [3.8, 4) is 0 Å². The number of carbonyl (C=O) groups excluding carboxylic acids is 2. The second kappa shape index (κ2) is 57.7. The summed E-state index contributed by atoms with van der Waals surface area (Å²) in [6.07, 6.45) is 69.1. The van der Waals surface area contributed by atoms with Gasteiger partial charge in [-0.05, 0) is 70.6 Å². The Morgan fingerprint density at radius 1 is 0.318 bits per heavy atom. The van der Waals surface area contributed by atoms with E-state index in [4.69, 9.17) is 14.2 Å². The fourth-order valence-corrected chi connectivity index (χ4v) is 8.97. The summed E-state index contributed by atoms with van der Waals surface area (Å²) in [7, 11) is 0. The van der Waals surface area contributed by atoms with Gasteiger partial charge < -0.3 is 14.2 Å². The van der Waals surface area contributed by atoms with Crippen LogP contribution in [-0.4, -0.2) is 37.9 Å². The van der Waals surface area contributed by atoms with Crippen LogP contribution in [-0.2, 0) is 23.8 Å². The molecule has 1 atom stereocenters. The van der Waals surface area contributed by atoms with E-state index in [1.807, 2.05) is 0 Å². The fourth-order valence-electron chi connectivity index (χ4n) is 8.97. The van der Waals surface area contributed by atoms with Gasteiger partial charge in [-0.15, -0.1) is 0 Å². The summed E-state index contributed by atoms with van der Waals surface area (Å²) in [5.41, 5.74) is 0. The molecule has 0 amide bonds. The van der Waals surface area contributed by atoms with Gasteiger partial charge in [0.15, 0.2) is 6.10 Å². The molecule has 0 aliphatic rings. The molecule has 0 aliphatic carbocycles. The molecule has 0 bridgehead atoms. The minimum atomic E-state index is -0.534. The third kappa shape index (κ3) is 55.0. The van der Waals surface area contributed by atoms with E-state index in [0.29, 0.717) is 26.1 Å². The van der Waals surface area contributed by atoms with E-state index in [2.05, 4.69) is 45.1 Å². The third-order valence-electron chi connectivity index (χ3n) is 13.5. The first-order valence-electron chi connectivity index (χ1n) is 29.9. The van der Waals surface area contributed by atoms with Crippen LogP contribution in [0.3, 0.4) is 0 Å². The lowest BCUT2D eigenvalue weighted by Gasteiger charge is -2.18. The molecule has 0 rings (SSSR count). The standard InChI is InChI=1S/C61H116O5/c1-4-7-10-13-16-19-22-25-28-30-31-32-34-36-39-42-45-48-51-54-60(62)65-58-59(57-64-56-53-50-47-44-41-38-35-29-26-23-20-17-14-11-8-5-2)66-61(63)55-52-49-46-43-40-37-33-27-24-21-18-15-12-9-6-3/h25-26,28-29,59H,4-24,27,30-58H2,1-3H3/b28-25-,29-26-. The molecule has 0 saturated heterocycles. The average Bonchev–Trinajstić information content (AvgIpc) is 3.32. The predicted molar refractivity (Wildman–Crippen MR) is 289 cm³/mol. The Morgan fingerprint density at radius 3 is 0.924 bits per heavy atom. The maximum atomic E-state index is 12.9. The van der Waals surface area contributed by atoms with Crippen molar-refractivity contribution in [2.45, 2.75) is 335 Å². The number of esters is 2. The molecule has 5 nitrogen and oxygen atoms in total. The first kappa shape index (κ1) is 64.4. The van der Waals surface area contributed by atoms with Gasteiger partial charge in [-0.25, -0.2) is 0 Å². The molecule has 390 valence electrons. The van der Waals surface area contributed by atoms with Crippen molar-refractivity contribution >= 4 is 11.9 Å². The Kier molecular flexibility index (Phi) is 56.3. The largest absolute Gasteiger partial charge is 0.462 e. The first-order chi connectivity index (χ1) is 32.6. The van der Waals surface area contributed by atoms with Crippen molar-refractivity contribution in [1.82, 2.24) is 0 Å². The SMILES string of the molecule is CCCCCCCC/C=C\CCCCCCCCCCCC(=O)OCC(COCCCCCCCC/C=C\CCCCCCCC)OC(=O)CCCCCCCCCCCCCCCCC. The molecule has 1 unspecified atom stereocenters. The lowest BCUT2D eigenvalue weighted by molar-refractivity contribution is -0.163. The zero-order valence-electron chi connectivity index (χ0n) is 45.0. The second-order valence-electron chi connectivity index (χ2n) is 20.3. The number of allylic oxidation sites excluding steroid dienone is 4. The Labute approximate surface area is 413 Å². The van der Waals surface area contributed by atoms with Gasteiger partial charge in [-0.2, -0.15) is 0 Å². The van der Waals surface area contributed by atoms with E-state index in [0.717, 1.165) is 38.5 Å². The molecule has 0 heterocycles. The molecular formula is C61H116O5. The maximum absolute atomic E-state index is 12.9. The molecule has 0 aromatic rings. The van der Waals surface area contributed by atoms with E-state index >= 15 is 0 Å². The van der Waals surface area contributed by atoms with E-state index < -0.39 is 6.10 Å². The lowest BCUT2D eigenvalue weighted by Crippen LogP contribution is -2.30. The number of hydrogen-bond acceptors (Lipinski definition) is 5. The Balaban J connectivity index is 4.22. The highest BCUT2D eigenvalue weighted by Crippen LogP contribution is 2.17. The fraction of sp³-hybridized carbons (Fsp3) is 0.902. The van der Waals surface area contributed by atoms with Crippen molar-refractivity contribution in [3.63, 3.8) is 0 Å². The van der Waals surface area contributed by atoms with Crippen LogP contribution < -0.4 is 0 Å². The number of hydrogen-bond donors (Lipinski definition) is 0. The van der Waals surface area contributed by atoms with Crippen molar-refractivity contribution in [2.75, 3.05) is 19.8 Å². The smallest absolute Gasteiger partial charge is 0.306 e. The highest BCUT2D eigenvalue weighted by molar-refractivity contribution is 5.70. The molecule has 0 radical (unpaired) electrons. The zero-order chi connectivity index (χ0) is 47.7. The van der Waals surface area contributed by atoms with Crippen LogP contribution in [0.4, 0.5) is 0 Å². The third-order valence-corrected chi connectivity index (χ3v) is 13.5. The molecule has 0 aliphatic heterocycles. The lowest BCUT2D eigenvalue weighted by atomic mass is 10.0. The summed E-state index contributed by atoms with van der Waals surface area (Å²) in [6, 6.07) is 0. The molecule has 0 spiro atoms. The maximum Gasteiger partial charge on any atom is 0.306 e. The van der Waals surface area contributed by atoms with Gasteiger partial charge in [0.25, 0.3) is 0 Å². The van der Waals surface area contributed by atoms with Crippen molar-refractivity contribution in [2.24, 2.45) is 0 Å². The number of carbonyl (C=O) groups is 2. The monoisotopic (exact) mass is 929 g/mol. The number of ether oxygens (including phenoxy) is 3. The van der Waals surface area contributed by atoms with Crippen LogP contribution in [0.25, 0.3) is 0 Å². The normalized spacial score (nSPS) is 12.2. The average molecular weight is 930 g/mol. The van der Waals surface area contributed by atoms with Crippen LogP contribution >= 0.6 is 0 Å². The predicted octanol–water partition coefficient (Wildman–Crippen LogP) is 20.4. The molecule has 0 aromatic carbocycles. The highest BCUT2D eigenvalue weighted by Gasteiger charge is 2.17. The summed E-state index contributed by atoms with van der Waals surface area (Å²) >= 11 is 0. The van der Waals surface area contributed by atoms with E-state index in [1.54, 1.807) is 0 Å². The molecule has 0 aromatic heterocycles. The van der Waals surface area contributed by atoms with Crippen molar-refractivity contribution in [1.29, 1.82) is 0 Å². The summed E-state index contributed by atoms with van der Waals surface area (Å²) in [6.45, 7) is 7.88. The van der Waals surface area contributed by atoms with Crippen molar-refractivity contribution in [3.05, 3.63) is 24.3 Å². The van der Waals surface area contributed by atoms with Gasteiger partial charge in [0.1, 0.15) is 6.61 Å². The summed E-state index contributed by atoms with van der Waals surface area (Å²) in [5, 5.41) is 0. The first-order valence-corrected chi connectivity index (χ1v) is 29.9. The molecule has 0 saturated carbocycles. The van der Waals surface area contributed by atoms with Crippen LogP contribution in [0.1, 0.15) is 329 Å². The van der Waals surface area contributed by atoms with E-state index in [-0.39, 0.29) is 18.5 Å².